The molecule has 1 aromatic rings. The van der Waals surface area contributed by atoms with Crippen LogP contribution in [0.15, 0.2) is 29.3 Å². The minimum Gasteiger partial charge on any atom is -0.334 e. The highest BCUT2D eigenvalue weighted by atomic mass is 19.1. The van der Waals surface area contributed by atoms with Gasteiger partial charge in [0.15, 0.2) is 5.92 Å². The van der Waals surface area contributed by atoms with Crippen molar-refractivity contribution in [1.29, 1.82) is 0 Å². The van der Waals surface area contributed by atoms with Crippen LogP contribution in [0.2, 0.25) is 0 Å². The summed E-state index contributed by atoms with van der Waals surface area (Å²) in [4.78, 5) is 42.8. The fourth-order valence-corrected chi connectivity index (χ4v) is 2.56. The van der Waals surface area contributed by atoms with Gasteiger partial charge in [-0.3, -0.25) is 19.9 Å². The van der Waals surface area contributed by atoms with Crippen molar-refractivity contribution in [2.75, 3.05) is 31.1 Å². The van der Waals surface area contributed by atoms with Crippen LogP contribution in [0.5, 0.6) is 0 Å². The second kappa shape index (κ2) is 8.48. The zero-order valence-electron chi connectivity index (χ0n) is 14.3. The molecule has 7 nitrogen and oxygen atoms in total. The quantitative estimate of drug-likeness (QED) is 0.538. The molecule has 1 saturated heterocycles. The number of hydrogen-bond donors (Lipinski definition) is 2. The molecule has 0 bridgehead atoms. The molecule has 8 heteroatoms. The van der Waals surface area contributed by atoms with Gasteiger partial charge in [-0.05, 0) is 38.1 Å². The van der Waals surface area contributed by atoms with Crippen molar-refractivity contribution in [3.63, 3.8) is 0 Å². The molecule has 1 unspecified atom stereocenters. The molecular formula is C17H22FN4O3+. The van der Waals surface area contributed by atoms with Gasteiger partial charge in [-0.25, -0.2) is 14.1 Å². The Bertz CT molecular complexity index is 671. The summed E-state index contributed by atoms with van der Waals surface area (Å²) >= 11 is 0. The summed E-state index contributed by atoms with van der Waals surface area (Å²) in [5, 5.41) is 2.13. The summed E-state index contributed by atoms with van der Waals surface area (Å²) < 4.78 is 13.0. The second-order valence-corrected chi connectivity index (χ2v) is 5.68. The number of carbonyl (C=O) groups excluding carboxylic acids is 3. The lowest BCUT2D eigenvalue weighted by Crippen LogP contribution is -3.11. The van der Waals surface area contributed by atoms with E-state index in [1.807, 2.05) is 0 Å². The average molecular weight is 349 g/mol. The largest absolute Gasteiger partial charge is 0.335 e. The first kappa shape index (κ1) is 18.7. The molecule has 2 N–H and O–H groups in total. The van der Waals surface area contributed by atoms with Crippen LogP contribution >= 0.6 is 0 Å². The number of hydrogen-bond acceptors (Lipinski definition) is 4. The number of anilines is 1. The number of carbonyl (C=O) groups is 3. The maximum absolute atomic E-state index is 13.0. The highest BCUT2D eigenvalue weighted by Gasteiger charge is 2.40. The first-order valence-electron chi connectivity index (χ1n) is 8.25. The molecule has 0 radical (unpaired) electrons. The van der Waals surface area contributed by atoms with E-state index in [9.17, 15) is 18.8 Å². The number of amides is 4. The number of halogens is 1. The molecule has 0 spiro atoms. The summed E-state index contributed by atoms with van der Waals surface area (Å²) in [5.41, 5.74) is 0.197. The maximum Gasteiger partial charge on any atom is 0.335 e. The van der Waals surface area contributed by atoms with E-state index in [0.717, 1.165) is 36.7 Å². The Balaban J connectivity index is 2.10. The van der Waals surface area contributed by atoms with Crippen LogP contribution in [0.1, 0.15) is 13.8 Å². The Morgan fingerprint density at radius 2 is 1.84 bits per heavy atom. The third kappa shape index (κ3) is 4.48. The van der Waals surface area contributed by atoms with Crippen LogP contribution in [-0.4, -0.2) is 50.2 Å². The van der Waals surface area contributed by atoms with E-state index in [-0.39, 0.29) is 5.69 Å². The van der Waals surface area contributed by atoms with E-state index in [0.29, 0.717) is 6.54 Å². The number of quaternary nitrogens is 1. The van der Waals surface area contributed by atoms with Crippen LogP contribution in [0.25, 0.3) is 0 Å². The predicted octanol–water partition coefficient (Wildman–Crippen LogP) is 0.0202. The van der Waals surface area contributed by atoms with Crippen molar-refractivity contribution in [1.82, 2.24) is 5.32 Å². The number of likely N-dealkylation sites (N-methyl/N-ethyl adjacent to an activating group) is 1. The normalized spacial score (nSPS) is 18.3. The first-order valence-corrected chi connectivity index (χ1v) is 8.25. The van der Waals surface area contributed by atoms with E-state index in [4.69, 9.17) is 0 Å². The zero-order valence-corrected chi connectivity index (χ0v) is 14.3. The van der Waals surface area contributed by atoms with Crippen molar-refractivity contribution >= 4 is 29.7 Å². The van der Waals surface area contributed by atoms with Crippen molar-refractivity contribution in [3.05, 3.63) is 30.1 Å². The third-order valence-corrected chi connectivity index (χ3v) is 4.14. The van der Waals surface area contributed by atoms with Crippen molar-refractivity contribution in [2.24, 2.45) is 10.9 Å². The SMILES string of the molecule is CC[NH+](CC)CCN=CC1C(=O)NC(=O)N(c2ccc(F)cc2)C1=O. The average Bonchev–Trinajstić information content (AvgIpc) is 2.59. The van der Waals surface area contributed by atoms with Crippen LogP contribution < -0.4 is 15.1 Å². The lowest BCUT2D eigenvalue weighted by molar-refractivity contribution is -0.894. The van der Waals surface area contributed by atoms with Gasteiger partial charge in [0.25, 0.3) is 5.91 Å². The Kier molecular flexibility index (Phi) is 6.35. The molecule has 1 atom stereocenters. The lowest BCUT2D eigenvalue weighted by atomic mass is 10.1. The third-order valence-electron chi connectivity index (χ3n) is 4.14. The molecule has 1 heterocycles. The van der Waals surface area contributed by atoms with Gasteiger partial charge in [0.05, 0.1) is 31.9 Å². The minimum absolute atomic E-state index is 0.197. The lowest BCUT2D eigenvalue weighted by Gasteiger charge is -2.28. The highest BCUT2D eigenvalue weighted by molar-refractivity contribution is 6.32. The second-order valence-electron chi connectivity index (χ2n) is 5.68. The molecule has 4 amide bonds. The molecule has 1 aliphatic heterocycles. The summed E-state index contributed by atoms with van der Waals surface area (Å²) in [6.07, 6.45) is 1.28. The first-order chi connectivity index (χ1) is 12.0. The highest BCUT2D eigenvalue weighted by Crippen LogP contribution is 2.20. The van der Waals surface area contributed by atoms with Gasteiger partial charge in [0.1, 0.15) is 5.82 Å². The maximum atomic E-state index is 13.0. The van der Waals surface area contributed by atoms with E-state index in [1.54, 1.807) is 0 Å². The molecular weight excluding hydrogens is 327 g/mol. The number of nitrogens with zero attached hydrogens (tertiary/aromatic N) is 2. The molecule has 1 fully saturated rings. The Morgan fingerprint density at radius 1 is 1.20 bits per heavy atom. The number of nitrogens with one attached hydrogen (secondary N) is 2. The van der Waals surface area contributed by atoms with Crippen LogP contribution in [-0.2, 0) is 9.59 Å². The van der Waals surface area contributed by atoms with Gasteiger partial charge < -0.3 is 4.90 Å². The predicted molar refractivity (Wildman–Crippen MR) is 91.2 cm³/mol. The van der Waals surface area contributed by atoms with Gasteiger partial charge in [-0.15, -0.1) is 0 Å². The topological polar surface area (TPSA) is 83.3 Å². The number of aliphatic imine (C=N–C) groups is 1. The molecule has 0 saturated carbocycles. The number of urea groups is 1. The molecule has 25 heavy (non-hydrogen) atoms. The van der Waals surface area contributed by atoms with Gasteiger partial charge in [0.2, 0.25) is 5.91 Å². The van der Waals surface area contributed by atoms with E-state index >= 15 is 0 Å². The number of barbiturate groups is 1. The van der Waals surface area contributed by atoms with Crippen LogP contribution in [0, 0.1) is 11.7 Å². The Morgan fingerprint density at radius 3 is 2.44 bits per heavy atom. The summed E-state index contributed by atoms with van der Waals surface area (Å²) in [6.45, 7) is 7.38. The van der Waals surface area contributed by atoms with E-state index < -0.39 is 29.6 Å². The summed E-state index contributed by atoms with van der Waals surface area (Å²) in [5.74, 6) is -3.05. The van der Waals surface area contributed by atoms with Gasteiger partial charge in [0, 0.05) is 6.21 Å². The minimum atomic E-state index is -1.17. The molecule has 1 aromatic carbocycles. The number of benzene rings is 1. The van der Waals surface area contributed by atoms with E-state index in [2.05, 4.69) is 24.2 Å². The zero-order chi connectivity index (χ0) is 18.4. The Hall–Kier alpha value is -2.61. The van der Waals surface area contributed by atoms with Crippen molar-refractivity contribution < 1.29 is 23.7 Å². The molecule has 134 valence electrons. The molecule has 2 rings (SSSR count). The summed E-state index contributed by atoms with van der Waals surface area (Å²) in [6, 6.07) is 4.05. The Labute approximate surface area is 145 Å². The fourth-order valence-electron chi connectivity index (χ4n) is 2.56. The molecule has 0 aromatic heterocycles. The van der Waals surface area contributed by atoms with E-state index in [1.165, 1.54) is 23.2 Å². The summed E-state index contributed by atoms with van der Waals surface area (Å²) in [7, 11) is 0. The van der Waals surface area contributed by atoms with Gasteiger partial charge in [-0.1, -0.05) is 0 Å². The van der Waals surface area contributed by atoms with Gasteiger partial charge in [-0.2, -0.15) is 0 Å². The smallest absolute Gasteiger partial charge is 0.334 e. The van der Waals surface area contributed by atoms with Crippen molar-refractivity contribution in [2.45, 2.75) is 13.8 Å². The monoisotopic (exact) mass is 349 g/mol. The molecule has 1 aliphatic rings. The standard InChI is InChI=1S/C17H21FN4O3/c1-3-21(4-2)10-9-19-11-14-15(23)20-17(25)22(16(14)24)13-7-5-12(18)6-8-13/h5-8,11,14H,3-4,9-10H2,1-2H3,(H,20,23,25)/p+1. The van der Waals surface area contributed by atoms with Crippen molar-refractivity contribution in [3.8, 4) is 0 Å². The number of rotatable bonds is 7. The van der Waals surface area contributed by atoms with Crippen LogP contribution in [0.4, 0.5) is 14.9 Å². The fraction of sp³-hybridized carbons (Fsp3) is 0.412. The number of imide groups is 2. The van der Waals surface area contributed by atoms with Gasteiger partial charge >= 0.3 is 6.03 Å². The molecule has 0 aliphatic carbocycles. The van der Waals surface area contributed by atoms with Crippen LogP contribution in [0.3, 0.4) is 0 Å².